The minimum atomic E-state index is -3.05. The van der Waals surface area contributed by atoms with Crippen molar-refractivity contribution in [3.05, 3.63) is 0 Å². The molecule has 1 spiro atoms. The zero-order chi connectivity index (χ0) is 14.1. The van der Waals surface area contributed by atoms with Crippen LogP contribution in [0.3, 0.4) is 0 Å². The van der Waals surface area contributed by atoms with Crippen LogP contribution in [-0.2, 0) is 10.0 Å². The van der Waals surface area contributed by atoms with Crippen molar-refractivity contribution >= 4 is 10.0 Å². The van der Waals surface area contributed by atoms with Crippen LogP contribution >= 0.6 is 0 Å². The van der Waals surface area contributed by atoms with Crippen molar-refractivity contribution in [2.45, 2.75) is 63.8 Å². The Morgan fingerprint density at radius 2 is 1.70 bits per heavy atom. The summed E-state index contributed by atoms with van der Waals surface area (Å²) in [5, 5.41) is 3.30. The summed E-state index contributed by atoms with van der Waals surface area (Å²) >= 11 is 0. The van der Waals surface area contributed by atoms with Gasteiger partial charge in [0.15, 0.2) is 0 Å². The van der Waals surface area contributed by atoms with Crippen molar-refractivity contribution in [2.75, 3.05) is 25.4 Å². The van der Waals surface area contributed by atoms with Crippen molar-refractivity contribution < 1.29 is 8.42 Å². The number of piperidine rings is 1. The molecule has 20 heavy (non-hydrogen) atoms. The van der Waals surface area contributed by atoms with Crippen LogP contribution in [0.5, 0.6) is 0 Å². The van der Waals surface area contributed by atoms with Crippen LogP contribution in [0.2, 0.25) is 0 Å². The summed E-state index contributed by atoms with van der Waals surface area (Å²) in [4.78, 5) is 0. The number of hydrogen-bond donors (Lipinski definition) is 1. The quantitative estimate of drug-likeness (QED) is 0.868. The Morgan fingerprint density at radius 1 is 1.00 bits per heavy atom. The Balaban J connectivity index is 1.56. The van der Waals surface area contributed by atoms with E-state index in [1.165, 1.54) is 32.1 Å². The van der Waals surface area contributed by atoms with Gasteiger partial charge in [0.2, 0.25) is 10.0 Å². The molecule has 1 unspecified atom stereocenters. The Hall–Kier alpha value is -0.130. The third-order valence-corrected chi connectivity index (χ3v) is 7.64. The predicted octanol–water partition coefficient (Wildman–Crippen LogP) is 2.11. The zero-order valence-electron chi connectivity index (χ0n) is 12.4. The van der Waals surface area contributed by atoms with Crippen LogP contribution in [0.4, 0.5) is 0 Å². The lowest BCUT2D eigenvalue weighted by atomic mass is 9.68. The fourth-order valence-corrected chi connectivity index (χ4v) is 6.04. The van der Waals surface area contributed by atoms with Crippen molar-refractivity contribution in [3.8, 4) is 0 Å². The number of nitrogens with one attached hydrogen (secondary N) is 1. The average molecular weight is 300 g/mol. The second-order valence-electron chi connectivity index (χ2n) is 7.03. The third kappa shape index (κ3) is 3.20. The fraction of sp³-hybridized carbons (Fsp3) is 1.00. The second kappa shape index (κ2) is 5.93. The van der Waals surface area contributed by atoms with Gasteiger partial charge < -0.3 is 5.32 Å². The van der Waals surface area contributed by atoms with Gasteiger partial charge in [0.25, 0.3) is 0 Å². The molecular formula is C15H28N2O2S. The molecule has 2 saturated heterocycles. The van der Waals surface area contributed by atoms with Crippen molar-refractivity contribution in [3.63, 3.8) is 0 Å². The minimum Gasteiger partial charge on any atom is -0.313 e. The van der Waals surface area contributed by atoms with E-state index in [1.807, 2.05) is 0 Å². The highest BCUT2D eigenvalue weighted by Crippen LogP contribution is 2.44. The van der Waals surface area contributed by atoms with Gasteiger partial charge in [-0.15, -0.1) is 0 Å². The average Bonchev–Trinajstić information content (AvgIpc) is 2.92. The van der Waals surface area contributed by atoms with Crippen molar-refractivity contribution in [1.29, 1.82) is 0 Å². The van der Waals surface area contributed by atoms with Crippen molar-refractivity contribution in [1.82, 2.24) is 9.62 Å². The molecule has 5 heteroatoms. The molecular weight excluding hydrogens is 272 g/mol. The maximum absolute atomic E-state index is 12.5. The van der Waals surface area contributed by atoms with Gasteiger partial charge in [-0.25, -0.2) is 12.7 Å². The molecule has 2 aliphatic heterocycles. The largest absolute Gasteiger partial charge is 0.313 e. The highest BCUT2D eigenvalue weighted by atomic mass is 32.2. The Morgan fingerprint density at radius 3 is 2.30 bits per heavy atom. The summed E-state index contributed by atoms with van der Waals surface area (Å²) in [7, 11) is -3.05. The van der Waals surface area contributed by atoms with E-state index in [4.69, 9.17) is 0 Å². The predicted molar refractivity (Wildman–Crippen MR) is 81.1 cm³/mol. The van der Waals surface area contributed by atoms with E-state index < -0.39 is 10.0 Å². The molecule has 3 aliphatic rings. The van der Waals surface area contributed by atoms with Gasteiger partial charge in [0.1, 0.15) is 0 Å². The van der Waals surface area contributed by atoms with Gasteiger partial charge in [0.05, 0.1) is 5.75 Å². The second-order valence-corrected chi connectivity index (χ2v) is 9.05. The monoisotopic (exact) mass is 300 g/mol. The minimum absolute atomic E-state index is 0.186. The fourth-order valence-electron chi connectivity index (χ4n) is 4.30. The maximum Gasteiger partial charge on any atom is 0.215 e. The van der Waals surface area contributed by atoms with Crippen LogP contribution in [-0.4, -0.2) is 44.2 Å². The van der Waals surface area contributed by atoms with Crippen LogP contribution < -0.4 is 5.32 Å². The van der Waals surface area contributed by atoms with Gasteiger partial charge in [-0.3, -0.25) is 0 Å². The molecule has 3 rings (SSSR count). The van der Waals surface area contributed by atoms with Crippen molar-refractivity contribution in [2.24, 2.45) is 5.41 Å². The summed E-state index contributed by atoms with van der Waals surface area (Å²) in [5.41, 5.74) is 0.482. The number of hydrogen-bond acceptors (Lipinski definition) is 3. The van der Waals surface area contributed by atoms with Crippen LogP contribution in [0.25, 0.3) is 0 Å². The Bertz CT molecular complexity index is 413. The molecule has 1 aliphatic carbocycles. The summed E-state index contributed by atoms with van der Waals surface area (Å²) in [6, 6.07) is 0.186. The highest BCUT2D eigenvalue weighted by Gasteiger charge is 2.39. The molecule has 3 fully saturated rings. The summed E-state index contributed by atoms with van der Waals surface area (Å²) in [5.74, 6) is 0.306. The van der Waals surface area contributed by atoms with Crippen LogP contribution in [0.15, 0.2) is 0 Å². The van der Waals surface area contributed by atoms with E-state index in [1.54, 1.807) is 4.31 Å². The molecule has 4 nitrogen and oxygen atoms in total. The van der Waals surface area contributed by atoms with E-state index in [-0.39, 0.29) is 6.04 Å². The molecule has 0 aromatic carbocycles. The molecule has 116 valence electrons. The topological polar surface area (TPSA) is 49.4 Å². The smallest absolute Gasteiger partial charge is 0.215 e. The van der Waals surface area contributed by atoms with Gasteiger partial charge in [-0.05, 0) is 50.5 Å². The molecule has 1 N–H and O–H groups in total. The normalized spacial score (nSPS) is 31.7. The number of nitrogens with zero attached hydrogens (tertiary/aromatic N) is 1. The SMILES string of the molecule is O=S(=O)(CC1CCCN1)N1CCC2(CCCCC2)CC1. The molecule has 2 heterocycles. The van der Waals surface area contributed by atoms with Crippen LogP contribution in [0, 0.1) is 5.41 Å². The standard InChI is InChI=1S/C15H28N2O2S/c18-20(19,13-14-5-4-10-16-14)17-11-8-15(9-12-17)6-2-1-3-7-15/h14,16H,1-13H2. The van der Waals surface area contributed by atoms with E-state index in [0.717, 1.165) is 45.3 Å². The third-order valence-electron chi connectivity index (χ3n) is 5.66. The van der Waals surface area contributed by atoms with E-state index in [0.29, 0.717) is 11.2 Å². The van der Waals surface area contributed by atoms with Gasteiger partial charge >= 0.3 is 0 Å². The Labute approximate surface area is 123 Å². The van der Waals surface area contributed by atoms with Gasteiger partial charge in [-0.2, -0.15) is 0 Å². The lowest BCUT2D eigenvalue weighted by Gasteiger charge is -2.44. The van der Waals surface area contributed by atoms with E-state index in [9.17, 15) is 8.42 Å². The highest BCUT2D eigenvalue weighted by molar-refractivity contribution is 7.89. The molecule has 0 aromatic rings. The van der Waals surface area contributed by atoms with Gasteiger partial charge in [0, 0.05) is 19.1 Å². The molecule has 0 aromatic heterocycles. The number of sulfonamides is 1. The maximum atomic E-state index is 12.5. The summed E-state index contributed by atoms with van der Waals surface area (Å²) in [6.07, 6.45) is 11.0. The first-order valence-corrected chi connectivity index (χ1v) is 9.92. The lowest BCUT2D eigenvalue weighted by Crippen LogP contribution is -2.46. The van der Waals surface area contributed by atoms with E-state index >= 15 is 0 Å². The summed E-state index contributed by atoms with van der Waals surface area (Å²) in [6.45, 7) is 2.49. The lowest BCUT2D eigenvalue weighted by molar-refractivity contribution is 0.102. The first-order valence-electron chi connectivity index (χ1n) is 8.31. The number of rotatable bonds is 3. The van der Waals surface area contributed by atoms with Gasteiger partial charge in [-0.1, -0.05) is 19.3 Å². The van der Waals surface area contributed by atoms with Crippen LogP contribution in [0.1, 0.15) is 57.8 Å². The molecule has 0 bridgehead atoms. The Kier molecular flexibility index (Phi) is 4.39. The first-order chi connectivity index (χ1) is 9.60. The molecule has 0 amide bonds. The molecule has 0 radical (unpaired) electrons. The summed E-state index contributed by atoms with van der Waals surface area (Å²) < 4.78 is 26.8. The molecule has 1 atom stereocenters. The van der Waals surface area contributed by atoms with E-state index in [2.05, 4.69) is 5.32 Å². The first kappa shape index (κ1) is 14.8. The zero-order valence-corrected chi connectivity index (χ0v) is 13.3. The molecule has 1 saturated carbocycles.